The van der Waals surface area contributed by atoms with Crippen molar-refractivity contribution in [1.29, 1.82) is 0 Å². The number of nitrogens with one attached hydrogen (secondary N) is 1. The molecule has 3 aromatic rings. The largest absolute Gasteiger partial charge is 0.423 e. The van der Waals surface area contributed by atoms with Gasteiger partial charge in [0.15, 0.2) is 5.58 Å². The summed E-state index contributed by atoms with van der Waals surface area (Å²) in [7, 11) is 0. The van der Waals surface area contributed by atoms with E-state index in [0.717, 1.165) is 29.8 Å². The molecule has 1 atom stereocenters. The van der Waals surface area contributed by atoms with Crippen molar-refractivity contribution in [3.05, 3.63) is 59.7 Å². The average molecular weight is 365 g/mol. The van der Waals surface area contributed by atoms with E-state index >= 15 is 0 Å². The zero-order valence-electron chi connectivity index (χ0n) is 15.5. The number of rotatable bonds is 6. The van der Waals surface area contributed by atoms with Crippen LogP contribution in [0.25, 0.3) is 11.1 Å². The first-order valence-corrected chi connectivity index (χ1v) is 9.16. The first kappa shape index (κ1) is 17.5. The van der Waals surface area contributed by atoms with Crippen molar-refractivity contribution in [2.24, 2.45) is 0 Å². The molecule has 1 saturated heterocycles. The zero-order valence-corrected chi connectivity index (χ0v) is 15.5. The lowest BCUT2D eigenvalue weighted by Crippen LogP contribution is -2.52. The molecule has 27 heavy (non-hydrogen) atoms. The lowest BCUT2D eigenvalue weighted by Gasteiger charge is -2.37. The molecule has 1 fully saturated rings. The Balaban J connectivity index is 1.36. The highest BCUT2D eigenvalue weighted by Gasteiger charge is 2.31. The Morgan fingerprint density at radius 3 is 2.81 bits per heavy atom. The topological polar surface area (TPSA) is 67.6 Å². The molecule has 1 aliphatic heterocycles. The van der Waals surface area contributed by atoms with Crippen LogP contribution in [0.15, 0.2) is 52.9 Å². The summed E-state index contributed by atoms with van der Waals surface area (Å²) in [5, 5.41) is 2.88. The molecule has 4 rings (SSSR count). The van der Waals surface area contributed by atoms with Crippen LogP contribution in [-0.4, -0.2) is 30.1 Å². The number of aromatic nitrogens is 1. The minimum atomic E-state index is -0.0692. The van der Waals surface area contributed by atoms with E-state index in [-0.39, 0.29) is 18.1 Å². The van der Waals surface area contributed by atoms with Crippen LogP contribution in [0.4, 0.5) is 6.01 Å². The second kappa shape index (κ2) is 7.40. The number of nitrogens with zero attached hydrogens (tertiary/aromatic N) is 2. The fraction of sp³-hybridized carbons (Fsp3) is 0.333. The number of hydrogen-bond donors (Lipinski definition) is 1. The Kier molecular flexibility index (Phi) is 4.81. The first-order valence-electron chi connectivity index (χ1n) is 9.16. The van der Waals surface area contributed by atoms with E-state index in [0.29, 0.717) is 12.6 Å². The third-order valence-electron chi connectivity index (χ3n) is 4.77. The van der Waals surface area contributed by atoms with Crippen LogP contribution in [0, 0.1) is 0 Å². The Bertz CT molecular complexity index is 932. The third-order valence-corrected chi connectivity index (χ3v) is 4.77. The van der Waals surface area contributed by atoms with Crippen LogP contribution < -0.4 is 10.2 Å². The molecule has 2 heterocycles. The van der Waals surface area contributed by atoms with Gasteiger partial charge in [-0.1, -0.05) is 36.4 Å². The molecule has 140 valence electrons. The average Bonchev–Trinajstić information content (AvgIpc) is 3.03. The van der Waals surface area contributed by atoms with Crippen LogP contribution in [-0.2, 0) is 16.1 Å². The van der Waals surface area contributed by atoms with Gasteiger partial charge in [-0.05, 0) is 30.2 Å². The first-order chi connectivity index (χ1) is 13.1. The third kappa shape index (κ3) is 3.95. The molecule has 1 N–H and O–H groups in total. The summed E-state index contributed by atoms with van der Waals surface area (Å²) in [6.45, 7) is 5.63. The van der Waals surface area contributed by atoms with Gasteiger partial charge >= 0.3 is 0 Å². The van der Waals surface area contributed by atoms with E-state index in [2.05, 4.69) is 27.3 Å². The molecule has 1 aliphatic rings. The minimum absolute atomic E-state index is 0.0528. The molecule has 0 unspecified atom stereocenters. The summed E-state index contributed by atoms with van der Waals surface area (Å²) in [6.07, 6.45) is 0.190. The van der Waals surface area contributed by atoms with Gasteiger partial charge in [0, 0.05) is 6.92 Å². The monoisotopic (exact) mass is 365 g/mol. The maximum Gasteiger partial charge on any atom is 0.298 e. The van der Waals surface area contributed by atoms with Gasteiger partial charge in [0.05, 0.1) is 31.8 Å². The van der Waals surface area contributed by atoms with Crippen molar-refractivity contribution in [3.8, 4) is 0 Å². The molecular formula is C21H23N3O3. The fourth-order valence-electron chi connectivity index (χ4n) is 3.21. The maximum atomic E-state index is 11.2. The highest BCUT2D eigenvalue weighted by atomic mass is 16.5. The van der Waals surface area contributed by atoms with Crippen LogP contribution in [0.2, 0.25) is 0 Å². The van der Waals surface area contributed by atoms with Gasteiger partial charge in [-0.25, -0.2) is 0 Å². The summed E-state index contributed by atoms with van der Waals surface area (Å²) in [6, 6.07) is 16.6. The molecule has 2 aromatic carbocycles. The number of carbonyl (C=O) groups excluding carboxylic acids is 1. The summed E-state index contributed by atoms with van der Waals surface area (Å²) in [5.74, 6) is -0.0528. The molecule has 6 nitrogen and oxygen atoms in total. The molecule has 0 spiro atoms. The number of ether oxygens (including phenoxy) is 1. The second-order valence-corrected chi connectivity index (χ2v) is 6.97. The van der Waals surface area contributed by atoms with Crippen molar-refractivity contribution < 1.29 is 13.9 Å². The van der Waals surface area contributed by atoms with E-state index in [9.17, 15) is 4.79 Å². The number of anilines is 1. The van der Waals surface area contributed by atoms with Gasteiger partial charge in [-0.15, -0.1) is 0 Å². The molecular weight excluding hydrogens is 342 g/mol. The van der Waals surface area contributed by atoms with Crippen molar-refractivity contribution in [2.45, 2.75) is 32.6 Å². The highest BCUT2D eigenvalue weighted by molar-refractivity contribution is 5.77. The van der Waals surface area contributed by atoms with Crippen LogP contribution in [0.5, 0.6) is 0 Å². The molecule has 0 radical (unpaired) electrons. The predicted molar refractivity (Wildman–Crippen MR) is 103 cm³/mol. The van der Waals surface area contributed by atoms with E-state index in [4.69, 9.17) is 9.15 Å². The predicted octanol–water partition coefficient (Wildman–Crippen LogP) is 3.43. The number of oxazole rings is 1. The quantitative estimate of drug-likeness (QED) is 0.725. The lowest BCUT2D eigenvalue weighted by molar-refractivity contribution is -0.119. The van der Waals surface area contributed by atoms with Crippen molar-refractivity contribution >= 4 is 23.0 Å². The molecule has 6 heteroatoms. The Hall–Kier alpha value is -2.86. The number of fused-ring (bicyclic) bond motifs is 1. The van der Waals surface area contributed by atoms with Gasteiger partial charge in [0.2, 0.25) is 5.91 Å². The summed E-state index contributed by atoms with van der Waals surface area (Å²) >= 11 is 0. The maximum absolute atomic E-state index is 11.2. The van der Waals surface area contributed by atoms with E-state index in [1.807, 2.05) is 43.3 Å². The fourth-order valence-corrected chi connectivity index (χ4v) is 3.21. The summed E-state index contributed by atoms with van der Waals surface area (Å²) in [5.41, 5.74) is 3.72. The van der Waals surface area contributed by atoms with E-state index < -0.39 is 0 Å². The standard InChI is InChI=1S/C21H23N3O3/c1-14(22-15(2)25)17-8-9-19-20(10-17)27-21(23-19)24-11-18(12-24)26-13-16-6-4-3-5-7-16/h3-10,14,18H,11-13H2,1-2H3,(H,22,25)/t14-/m1/s1. The molecule has 1 aromatic heterocycles. The Morgan fingerprint density at radius 2 is 2.07 bits per heavy atom. The summed E-state index contributed by atoms with van der Waals surface area (Å²) in [4.78, 5) is 17.9. The second-order valence-electron chi connectivity index (χ2n) is 6.97. The molecule has 0 bridgehead atoms. The smallest absolute Gasteiger partial charge is 0.298 e. The van der Waals surface area contributed by atoms with Crippen molar-refractivity contribution in [2.75, 3.05) is 18.0 Å². The SMILES string of the molecule is CC(=O)N[C@H](C)c1ccc2nc(N3CC(OCc4ccccc4)C3)oc2c1. The van der Waals surface area contributed by atoms with Gasteiger partial charge in [-0.3, -0.25) is 4.79 Å². The summed E-state index contributed by atoms with van der Waals surface area (Å²) < 4.78 is 11.9. The minimum Gasteiger partial charge on any atom is -0.423 e. The van der Waals surface area contributed by atoms with Crippen LogP contribution in [0.3, 0.4) is 0 Å². The number of hydrogen-bond acceptors (Lipinski definition) is 5. The number of benzene rings is 2. The normalized spacial score (nSPS) is 15.6. The van der Waals surface area contributed by atoms with Gasteiger partial charge in [0.25, 0.3) is 6.01 Å². The van der Waals surface area contributed by atoms with E-state index in [1.54, 1.807) is 0 Å². The zero-order chi connectivity index (χ0) is 18.8. The Labute approximate surface area is 158 Å². The molecule has 0 aliphatic carbocycles. The van der Waals surface area contributed by atoms with Crippen molar-refractivity contribution in [3.63, 3.8) is 0 Å². The highest BCUT2D eigenvalue weighted by Crippen LogP contribution is 2.28. The number of carbonyl (C=O) groups is 1. The van der Waals surface area contributed by atoms with E-state index in [1.165, 1.54) is 12.5 Å². The molecule has 1 amide bonds. The van der Waals surface area contributed by atoms with Gasteiger partial charge in [-0.2, -0.15) is 4.98 Å². The van der Waals surface area contributed by atoms with Gasteiger partial charge in [0.1, 0.15) is 5.52 Å². The van der Waals surface area contributed by atoms with Gasteiger partial charge < -0.3 is 19.4 Å². The lowest BCUT2D eigenvalue weighted by atomic mass is 10.1. The molecule has 0 saturated carbocycles. The Morgan fingerprint density at radius 1 is 1.30 bits per heavy atom. The van der Waals surface area contributed by atoms with Crippen molar-refractivity contribution in [1.82, 2.24) is 10.3 Å². The number of amides is 1. The van der Waals surface area contributed by atoms with Crippen LogP contribution in [0.1, 0.15) is 31.0 Å². The van der Waals surface area contributed by atoms with Crippen LogP contribution >= 0.6 is 0 Å².